The Morgan fingerprint density at radius 2 is 1.85 bits per heavy atom. The van der Waals surface area contributed by atoms with Crippen LogP contribution < -0.4 is 4.74 Å². The van der Waals surface area contributed by atoms with Crippen LogP contribution in [-0.4, -0.2) is 26.5 Å². The normalized spacial score (nSPS) is 23.3. The molecule has 0 bridgehead atoms. The second kappa shape index (κ2) is 6.06. The lowest BCUT2D eigenvalue weighted by Gasteiger charge is -2.27. The van der Waals surface area contributed by atoms with E-state index < -0.39 is 9.84 Å². The number of rotatable bonds is 3. The van der Waals surface area contributed by atoms with Crippen molar-refractivity contribution in [2.75, 3.05) is 12.9 Å². The smallest absolute Gasteiger partial charge is 0.154 e. The van der Waals surface area contributed by atoms with E-state index in [1.807, 2.05) is 26.0 Å². The van der Waals surface area contributed by atoms with E-state index in [0.29, 0.717) is 5.75 Å². The molecule has 2 atom stereocenters. The zero-order valence-corrected chi connectivity index (χ0v) is 14.6. The number of hydrogen-bond donors (Lipinski definition) is 0. The Bertz CT molecular complexity index is 572. The third-order valence-electron chi connectivity index (χ3n) is 3.96. The first-order valence-electron chi connectivity index (χ1n) is 6.87. The van der Waals surface area contributed by atoms with Gasteiger partial charge in [0, 0.05) is 0 Å². The van der Waals surface area contributed by atoms with E-state index >= 15 is 0 Å². The van der Waals surface area contributed by atoms with Crippen LogP contribution in [0.4, 0.5) is 0 Å². The Morgan fingerprint density at radius 3 is 2.35 bits per heavy atom. The topological polar surface area (TPSA) is 43.4 Å². The highest BCUT2D eigenvalue weighted by atomic mass is 79.9. The van der Waals surface area contributed by atoms with Crippen molar-refractivity contribution in [2.24, 2.45) is 0 Å². The molecule has 2 unspecified atom stereocenters. The molecule has 3 nitrogen and oxygen atoms in total. The lowest BCUT2D eigenvalue weighted by atomic mass is 10.00. The maximum Gasteiger partial charge on any atom is 0.154 e. The third kappa shape index (κ3) is 3.03. The average Bonchev–Trinajstić information content (AvgIpc) is 2.37. The minimum absolute atomic E-state index is 0.142. The number of hydrogen-bond acceptors (Lipinski definition) is 3. The van der Waals surface area contributed by atoms with E-state index in [1.54, 1.807) is 7.11 Å². The Labute approximate surface area is 129 Å². The molecule has 1 heterocycles. The number of sulfone groups is 1. The van der Waals surface area contributed by atoms with Gasteiger partial charge in [0.15, 0.2) is 9.84 Å². The number of benzene rings is 1. The maximum absolute atomic E-state index is 12.2. The third-order valence-corrected chi connectivity index (χ3v) is 7.77. The number of ether oxygens (including phenoxy) is 1. The van der Waals surface area contributed by atoms with E-state index in [0.717, 1.165) is 41.7 Å². The molecule has 1 aromatic carbocycles. The Balaban J connectivity index is 2.36. The molecule has 0 aromatic heterocycles. The zero-order chi connectivity index (χ0) is 14.9. The van der Waals surface area contributed by atoms with Gasteiger partial charge in [-0.3, -0.25) is 0 Å². The zero-order valence-electron chi connectivity index (χ0n) is 12.1. The summed E-state index contributed by atoms with van der Waals surface area (Å²) in [6.07, 6.45) is 2.52. The van der Waals surface area contributed by atoms with Crippen molar-refractivity contribution in [3.8, 4) is 5.75 Å². The summed E-state index contributed by atoms with van der Waals surface area (Å²) in [5, 5.41) is -0.316. The minimum Gasteiger partial charge on any atom is -0.496 e. The molecule has 1 aromatic rings. The number of methoxy groups -OCH3 is 1. The molecule has 1 aliphatic rings. The Kier molecular flexibility index (Phi) is 4.80. The molecular formula is C15H21BrO3S. The van der Waals surface area contributed by atoms with E-state index in [2.05, 4.69) is 15.9 Å². The summed E-state index contributed by atoms with van der Waals surface area (Å²) in [7, 11) is -1.33. The first kappa shape index (κ1) is 15.8. The molecule has 1 fully saturated rings. The van der Waals surface area contributed by atoms with Crippen molar-refractivity contribution in [1.29, 1.82) is 0 Å². The van der Waals surface area contributed by atoms with Crippen LogP contribution in [0.2, 0.25) is 0 Å². The standard InChI is InChI=1S/C15H21BrO3S/c1-10-8-12(9-11(2)15(10)19-3)14(16)13-6-4-5-7-20(13,17)18/h8-9,13-14H,4-7H2,1-3H3. The van der Waals surface area contributed by atoms with E-state index in [-0.39, 0.29) is 10.1 Å². The van der Waals surface area contributed by atoms with Gasteiger partial charge < -0.3 is 4.74 Å². The predicted octanol–water partition coefficient (Wildman–Crippen LogP) is 3.72. The monoisotopic (exact) mass is 360 g/mol. The minimum atomic E-state index is -2.99. The predicted molar refractivity (Wildman–Crippen MR) is 85.6 cm³/mol. The van der Waals surface area contributed by atoms with Gasteiger partial charge in [-0.05, 0) is 43.4 Å². The summed E-state index contributed by atoms with van der Waals surface area (Å²) in [5.74, 6) is 1.19. The van der Waals surface area contributed by atoms with Crippen LogP contribution in [0.5, 0.6) is 5.75 Å². The molecular weight excluding hydrogens is 340 g/mol. The fourth-order valence-corrected chi connectivity index (χ4v) is 6.46. The van der Waals surface area contributed by atoms with Crippen LogP contribution in [0.15, 0.2) is 12.1 Å². The highest BCUT2D eigenvalue weighted by molar-refractivity contribution is 9.09. The fourth-order valence-electron chi connectivity index (χ4n) is 2.99. The molecule has 5 heteroatoms. The number of alkyl halides is 1. The molecule has 112 valence electrons. The van der Waals surface area contributed by atoms with Crippen LogP contribution in [0.25, 0.3) is 0 Å². The number of aryl methyl sites for hydroxylation is 2. The van der Waals surface area contributed by atoms with Crippen LogP contribution in [0, 0.1) is 13.8 Å². The summed E-state index contributed by atoms with van der Waals surface area (Å²) >= 11 is 3.62. The summed E-state index contributed by atoms with van der Waals surface area (Å²) in [5.41, 5.74) is 3.11. The lowest BCUT2D eigenvalue weighted by molar-refractivity contribution is 0.408. The van der Waals surface area contributed by atoms with Gasteiger partial charge in [-0.2, -0.15) is 0 Å². The summed E-state index contributed by atoms with van der Waals surface area (Å²) in [6.45, 7) is 3.98. The van der Waals surface area contributed by atoms with Crippen molar-refractivity contribution in [1.82, 2.24) is 0 Å². The summed E-state index contributed by atoms with van der Waals surface area (Å²) in [6, 6.07) is 4.05. The van der Waals surface area contributed by atoms with E-state index in [4.69, 9.17) is 4.74 Å². The van der Waals surface area contributed by atoms with Crippen molar-refractivity contribution >= 4 is 25.8 Å². The van der Waals surface area contributed by atoms with E-state index in [1.165, 1.54) is 0 Å². The Hall–Kier alpha value is -0.550. The van der Waals surface area contributed by atoms with Crippen LogP contribution >= 0.6 is 15.9 Å². The molecule has 0 radical (unpaired) electrons. The van der Waals surface area contributed by atoms with Gasteiger partial charge >= 0.3 is 0 Å². The van der Waals surface area contributed by atoms with Gasteiger partial charge in [-0.15, -0.1) is 0 Å². The maximum atomic E-state index is 12.2. The van der Waals surface area contributed by atoms with Crippen LogP contribution in [0.1, 0.15) is 40.8 Å². The van der Waals surface area contributed by atoms with Crippen LogP contribution in [-0.2, 0) is 9.84 Å². The van der Waals surface area contributed by atoms with Gasteiger partial charge in [0.1, 0.15) is 5.75 Å². The molecule has 0 amide bonds. The van der Waals surface area contributed by atoms with Crippen molar-refractivity contribution < 1.29 is 13.2 Å². The first-order valence-corrected chi connectivity index (χ1v) is 9.50. The molecule has 0 spiro atoms. The highest BCUT2D eigenvalue weighted by Crippen LogP contribution is 2.39. The van der Waals surface area contributed by atoms with Gasteiger partial charge in [0.25, 0.3) is 0 Å². The number of halogens is 1. The van der Waals surface area contributed by atoms with Crippen molar-refractivity contribution in [3.05, 3.63) is 28.8 Å². The van der Waals surface area contributed by atoms with E-state index in [9.17, 15) is 8.42 Å². The van der Waals surface area contributed by atoms with Crippen molar-refractivity contribution in [3.63, 3.8) is 0 Å². The second-order valence-corrected chi connectivity index (χ2v) is 8.82. The molecule has 1 saturated heterocycles. The molecule has 1 aliphatic heterocycles. The molecule has 0 aliphatic carbocycles. The van der Waals surface area contributed by atoms with Gasteiger partial charge in [-0.1, -0.05) is 34.5 Å². The van der Waals surface area contributed by atoms with Crippen molar-refractivity contribution in [2.45, 2.75) is 43.2 Å². The first-order chi connectivity index (χ1) is 9.36. The SMILES string of the molecule is COc1c(C)cc(C(Br)C2CCCCS2(=O)=O)cc1C. The Morgan fingerprint density at radius 1 is 1.25 bits per heavy atom. The molecule has 2 rings (SSSR count). The average molecular weight is 361 g/mol. The lowest BCUT2D eigenvalue weighted by Crippen LogP contribution is -2.31. The summed E-state index contributed by atoms with van der Waals surface area (Å²) in [4.78, 5) is -0.142. The molecule has 0 N–H and O–H groups in total. The molecule has 20 heavy (non-hydrogen) atoms. The fraction of sp³-hybridized carbons (Fsp3) is 0.600. The summed E-state index contributed by atoms with van der Waals surface area (Å²) < 4.78 is 29.8. The van der Waals surface area contributed by atoms with Crippen LogP contribution in [0.3, 0.4) is 0 Å². The molecule has 0 saturated carbocycles. The largest absolute Gasteiger partial charge is 0.496 e. The van der Waals surface area contributed by atoms with Gasteiger partial charge in [0.2, 0.25) is 0 Å². The van der Waals surface area contributed by atoms with Gasteiger partial charge in [0.05, 0.1) is 22.9 Å². The quantitative estimate of drug-likeness (QED) is 0.771. The highest BCUT2D eigenvalue weighted by Gasteiger charge is 2.35. The second-order valence-electron chi connectivity index (χ2n) is 5.49. The van der Waals surface area contributed by atoms with Gasteiger partial charge in [-0.25, -0.2) is 8.42 Å².